The van der Waals surface area contributed by atoms with Gasteiger partial charge < -0.3 is 44.8 Å². The molecule has 6 atom stereocenters. The normalized spacial score (nSPS) is 18.0. The van der Waals surface area contributed by atoms with E-state index >= 15 is 0 Å². The monoisotopic (exact) mass is 1290 g/mol. The van der Waals surface area contributed by atoms with Gasteiger partial charge in [-0.05, 0) is 130 Å². The molecule has 0 aliphatic carbocycles. The van der Waals surface area contributed by atoms with Crippen molar-refractivity contribution < 1.29 is 38.6 Å². The number of amides is 4. The number of pyridine rings is 3. The van der Waals surface area contributed by atoms with E-state index in [1.165, 1.54) is 16.0 Å². The number of rotatable bonds is 12. The summed E-state index contributed by atoms with van der Waals surface area (Å²) in [6, 6.07) is 65.7. The van der Waals surface area contributed by atoms with Gasteiger partial charge in [0.25, 0.3) is 0 Å². The molecule has 0 unspecified atom stereocenters. The van der Waals surface area contributed by atoms with Crippen LogP contribution in [0.2, 0.25) is 0 Å². The fourth-order valence-electron chi connectivity index (χ4n) is 12.1. The SMILES string of the molecule is CC(C)(C)OC(=O)N1C[C@@H](C(=O)O)[C@H](c2ccccc2)C1.CN(C(=O)[C@@H]1CN(C(=O)OC(C)(C)C)C[C@H]1c1ccccc1)c1cccc(-c2cccnc2)c1.CN(C(=O)[C@@H]1CNC[C@H]1c1ccccc1)c1cccc(-c2cccnc2)c1.CNc1cccc(-c2cccnc2)c1. The third-order valence-electron chi connectivity index (χ3n) is 17.1. The molecule has 0 saturated carbocycles. The first kappa shape index (κ1) is 69.8. The summed E-state index contributed by atoms with van der Waals surface area (Å²) < 4.78 is 10.9. The minimum absolute atomic E-state index is 0.0248. The number of nitrogens with one attached hydrogen (secondary N) is 2. The first-order valence-electron chi connectivity index (χ1n) is 32.4. The van der Waals surface area contributed by atoms with Crippen molar-refractivity contribution in [2.24, 2.45) is 17.8 Å². The summed E-state index contributed by atoms with van der Waals surface area (Å²) in [4.78, 5) is 82.5. The van der Waals surface area contributed by atoms with E-state index in [2.05, 4.69) is 62.0 Å². The van der Waals surface area contributed by atoms with Gasteiger partial charge in [0.1, 0.15) is 11.2 Å². The van der Waals surface area contributed by atoms with E-state index in [1.54, 1.807) is 61.1 Å². The van der Waals surface area contributed by atoms with E-state index in [-0.39, 0.29) is 54.0 Å². The predicted molar refractivity (Wildman–Crippen MR) is 380 cm³/mol. The van der Waals surface area contributed by atoms with Crippen molar-refractivity contribution >= 4 is 47.0 Å². The summed E-state index contributed by atoms with van der Waals surface area (Å²) in [5, 5.41) is 15.9. The van der Waals surface area contributed by atoms with E-state index < -0.39 is 29.2 Å². The number of aliphatic carboxylic acids is 1. The van der Waals surface area contributed by atoms with Crippen LogP contribution in [0.15, 0.2) is 237 Å². The number of nitrogens with zero attached hydrogens (tertiary/aromatic N) is 7. The standard InChI is InChI=1S/C28H31N3O3.C23H23N3O.C16H21NO4.C12H12N2/c1-28(2,3)34-27(33)31-18-24(20-10-6-5-7-11-20)25(19-31)26(32)30(4)23-14-8-12-21(16-23)22-13-9-15-29-17-22;1-26(20-11-5-9-18(13-20)19-10-6-12-24-14-19)23(27)22-16-25-15-21(22)17-7-3-2-4-8-17;1-16(2,3)21-15(20)17-9-12(13(10-17)14(18)19)11-7-5-4-6-8-11;1-13-12-6-2-4-10(8-12)11-5-3-7-14-9-11/h5-17,24-25H,18-19H2,1-4H3;2-14,21-22,25H,15-16H2,1H3;4-8,12-13H,9-10H2,1-3H3,(H,18,19);2-9,13H,1H3/t24-,25+;21-,22+;12-,13+;/m000./s1. The summed E-state index contributed by atoms with van der Waals surface area (Å²) in [6.07, 6.45) is 9.97. The van der Waals surface area contributed by atoms with Gasteiger partial charge >= 0.3 is 18.2 Å². The summed E-state index contributed by atoms with van der Waals surface area (Å²) in [7, 11) is 5.58. The molecule has 6 heterocycles. The van der Waals surface area contributed by atoms with Crippen molar-refractivity contribution in [3.8, 4) is 33.4 Å². The minimum Gasteiger partial charge on any atom is -0.481 e. The lowest BCUT2D eigenvalue weighted by atomic mass is 9.88. The van der Waals surface area contributed by atoms with E-state index in [4.69, 9.17) is 9.47 Å². The molecule has 0 radical (unpaired) electrons. The Morgan fingerprint density at radius 2 is 0.823 bits per heavy atom. The minimum atomic E-state index is -0.880. The molecule has 3 fully saturated rings. The molecule has 17 heteroatoms. The summed E-state index contributed by atoms with van der Waals surface area (Å²) in [5.74, 6) is -1.87. The smallest absolute Gasteiger partial charge is 0.410 e. The van der Waals surface area contributed by atoms with Gasteiger partial charge in [0.05, 0.1) is 17.8 Å². The highest BCUT2D eigenvalue weighted by Crippen LogP contribution is 2.38. The topological polar surface area (TPSA) is 200 Å². The zero-order valence-electron chi connectivity index (χ0n) is 56.2. The Kier molecular flexibility index (Phi) is 23.7. The van der Waals surface area contributed by atoms with Crippen LogP contribution < -0.4 is 20.4 Å². The van der Waals surface area contributed by atoms with Crippen molar-refractivity contribution in [1.29, 1.82) is 0 Å². The fourth-order valence-corrected chi connectivity index (χ4v) is 12.1. The molecule has 17 nitrogen and oxygen atoms in total. The molecule has 4 amide bonds. The van der Waals surface area contributed by atoms with Gasteiger partial charge in [0, 0.05) is 149 Å². The number of benzene rings is 6. The third kappa shape index (κ3) is 18.9. The molecule has 3 aromatic heterocycles. The van der Waals surface area contributed by atoms with Crippen LogP contribution in [0, 0.1) is 17.8 Å². The average molecular weight is 1290 g/mol. The maximum absolute atomic E-state index is 13.8. The van der Waals surface area contributed by atoms with Crippen molar-refractivity contribution in [3.63, 3.8) is 0 Å². The van der Waals surface area contributed by atoms with Gasteiger partial charge in [-0.25, -0.2) is 9.59 Å². The highest BCUT2D eigenvalue weighted by Gasteiger charge is 2.44. The Morgan fingerprint density at radius 3 is 1.22 bits per heavy atom. The number of likely N-dealkylation sites (tertiary alicyclic amines) is 2. The lowest BCUT2D eigenvalue weighted by Crippen LogP contribution is -2.38. The van der Waals surface area contributed by atoms with Gasteiger partial charge in [-0.15, -0.1) is 0 Å². The van der Waals surface area contributed by atoms with Crippen molar-refractivity contribution in [3.05, 3.63) is 254 Å². The molecule has 496 valence electrons. The number of aromatic nitrogens is 3. The molecule has 3 N–H and O–H groups in total. The fraction of sp³-hybridized carbons (Fsp3) is 0.291. The van der Waals surface area contributed by atoms with E-state index in [0.29, 0.717) is 26.2 Å². The van der Waals surface area contributed by atoms with Crippen LogP contribution in [0.5, 0.6) is 0 Å². The molecule has 0 spiro atoms. The van der Waals surface area contributed by atoms with Gasteiger partial charge in [-0.2, -0.15) is 0 Å². The number of carboxylic acids is 1. The van der Waals surface area contributed by atoms with Crippen LogP contribution in [0.1, 0.15) is 76.0 Å². The number of anilines is 3. The second-order valence-electron chi connectivity index (χ2n) is 26.1. The maximum Gasteiger partial charge on any atom is 0.410 e. The molecule has 0 bridgehead atoms. The van der Waals surface area contributed by atoms with Crippen molar-refractivity contribution in [1.82, 2.24) is 30.1 Å². The van der Waals surface area contributed by atoms with Crippen molar-refractivity contribution in [2.45, 2.75) is 70.5 Å². The highest BCUT2D eigenvalue weighted by atomic mass is 16.6. The second-order valence-corrected chi connectivity index (χ2v) is 26.1. The highest BCUT2D eigenvalue weighted by molar-refractivity contribution is 5.97. The van der Waals surface area contributed by atoms with Crippen LogP contribution >= 0.6 is 0 Å². The molecule has 3 aliphatic heterocycles. The number of hydrogen-bond donors (Lipinski definition) is 3. The Morgan fingerprint density at radius 1 is 0.448 bits per heavy atom. The van der Waals surface area contributed by atoms with Crippen LogP contribution in [0.4, 0.5) is 26.7 Å². The largest absolute Gasteiger partial charge is 0.481 e. The first-order chi connectivity index (χ1) is 46.1. The van der Waals surface area contributed by atoms with Crippen LogP contribution in [0.25, 0.3) is 33.4 Å². The Labute approximate surface area is 564 Å². The van der Waals surface area contributed by atoms with Gasteiger partial charge in [-0.1, -0.05) is 146 Å². The number of carbonyl (C=O) groups is 5. The lowest BCUT2D eigenvalue weighted by Gasteiger charge is -2.25. The van der Waals surface area contributed by atoms with Gasteiger partial charge in [-0.3, -0.25) is 29.3 Å². The molecular weight excluding hydrogens is 1200 g/mol. The number of carbonyl (C=O) groups excluding carboxylic acids is 4. The maximum atomic E-state index is 13.8. The third-order valence-corrected chi connectivity index (χ3v) is 17.1. The van der Waals surface area contributed by atoms with Crippen molar-refractivity contribution in [2.75, 3.05) is 75.5 Å². The Bertz CT molecular complexity index is 3990. The Hall–Kier alpha value is -10.5. The van der Waals surface area contributed by atoms with Gasteiger partial charge in [0.15, 0.2) is 0 Å². The molecule has 12 rings (SSSR count). The summed E-state index contributed by atoms with van der Waals surface area (Å²) in [5.41, 5.74) is 11.3. The van der Waals surface area contributed by atoms with Crippen LogP contribution in [-0.2, 0) is 23.9 Å². The average Bonchev–Trinajstić information content (AvgIpc) is 1.62. The second kappa shape index (κ2) is 32.6. The van der Waals surface area contributed by atoms with Gasteiger partial charge in [0.2, 0.25) is 11.8 Å². The predicted octanol–water partition coefficient (Wildman–Crippen LogP) is 14.6. The number of carboxylic acid groups (broad SMARTS) is 1. The Balaban J connectivity index is 0.000000157. The zero-order chi connectivity index (χ0) is 68.4. The molecule has 9 aromatic rings. The zero-order valence-corrected chi connectivity index (χ0v) is 56.2. The number of ether oxygens (including phenoxy) is 2. The van der Waals surface area contributed by atoms with E-state index in [9.17, 15) is 29.1 Å². The summed E-state index contributed by atoms with van der Waals surface area (Å²) >= 11 is 0. The quantitative estimate of drug-likeness (QED) is 0.104. The van der Waals surface area contributed by atoms with E-state index in [0.717, 1.165) is 62.6 Å². The molecule has 6 aromatic carbocycles. The van der Waals surface area contributed by atoms with E-state index in [1.807, 2.05) is 217 Å². The molecule has 3 aliphatic rings. The number of hydrogen-bond acceptors (Lipinski definition) is 12. The van der Waals surface area contributed by atoms with Crippen LogP contribution in [-0.4, -0.2) is 131 Å². The molecule has 96 heavy (non-hydrogen) atoms. The lowest BCUT2D eigenvalue weighted by molar-refractivity contribution is -0.141. The molecular formula is C79H87N9O8. The summed E-state index contributed by atoms with van der Waals surface area (Å²) in [6.45, 7) is 13.8. The molecule has 3 saturated heterocycles. The first-order valence-corrected chi connectivity index (χ1v) is 32.4. The van der Waals surface area contributed by atoms with Crippen LogP contribution in [0.3, 0.4) is 0 Å².